The normalized spacial score (nSPS) is 25.8. The van der Waals surface area contributed by atoms with Gasteiger partial charge in [0.25, 0.3) is 5.91 Å². The second-order valence-electron chi connectivity index (χ2n) is 7.04. The van der Waals surface area contributed by atoms with Crippen molar-refractivity contribution in [1.82, 2.24) is 5.32 Å². The topological polar surface area (TPSA) is 67.8 Å². The number of carbonyl (C=O) groups is 1. The molecule has 0 aromatic heterocycles. The Morgan fingerprint density at radius 1 is 1.31 bits per heavy atom. The van der Waals surface area contributed by atoms with Gasteiger partial charge in [-0.05, 0) is 50.7 Å². The van der Waals surface area contributed by atoms with Crippen LogP contribution in [0, 0.1) is 5.92 Å². The van der Waals surface area contributed by atoms with Crippen molar-refractivity contribution in [3.63, 3.8) is 0 Å². The lowest BCUT2D eigenvalue weighted by Gasteiger charge is -2.37. The Kier molecular flexibility index (Phi) is 6.69. The molecule has 1 aromatic carbocycles. The van der Waals surface area contributed by atoms with Crippen molar-refractivity contribution in [3.8, 4) is 0 Å². The molecule has 5 heteroatoms. The fourth-order valence-corrected chi connectivity index (χ4v) is 3.63. The zero-order valence-corrected chi connectivity index (χ0v) is 15.4. The smallest absolute Gasteiger partial charge is 0.286 e. The zero-order valence-electron chi connectivity index (χ0n) is 15.4. The van der Waals surface area contributed by atoms with E-state index in [1.165, 1.54) is 6.42 Å². The first kappa shape index (κ1) is 18.9. The van der Waals surface area contributed by atoms with E-state index >= 15 is 0 Å². The van der Waals surface area contributed by atoms with Gasteiger partial charge in [-0.3, -0.25) is 4.79 Å². The average Bonchev–Trinajstić information content (AvgIpc) is 2.64. The molecule has 1 heterocycles. The van der Waals surface area contributed by atoms with E-state index in [0.29, 0.717) is 18.8 Å². The number of aliphatic hydroxyl groups is 1. The molecule has 0 unspecified atom stereocenters. The molecule has 0 radical (unpaired) electrons. The number of ether oxygens (including phenoxy) is 2. The second-order valence-corrected chi connectivity index (χ2v) is 7.04. The number of nitrogens with one attached hydrogen (secondary N) is 1. The Morgan fingerprint density at radius 2 is 2.08 bits per heavy atom. The molecule has 1 aromatic rings. The van der Waals surface area contributed by atoms with Crippen LogP contribution in [-0.2, 0) is 14.3 Å². The molecule has 1 saturated carbocycles. The van der Waals surface area contributed by atoms with Gasteiger partial charge in [0, 0.05) is 31.1 Å². The van der Waals surface area contributed by atoms with Gasteiger partial charge in [-0.2, -0.15) is 0 Å². The van der Waals surface area contributed by atoms with E-state index in [-0.39, 0.29) is 30.4 Å². The summed E-state index contributed by atoms with van der Waals surface area (Å²) in [5, 5.41) is 12.3. The molecular formula is C21H29NO4. The summed E-state index contributed by atoms with van der Waals surface area (Å²) in [6.07, 6.45) is 6.14. The van der Waals surface area contributed by atoms with Crippen LogP contribution in [0.25, 0.3) is 0 Å². The largest absolute Gasteiger partial charge is 0.459 e. The van der Waals surface area contributed by atoms with Crippen molar-refractivity contribution in [2.45, 2.75) is 57.3 Å². The van der Waals surface area contributed by atoms with Gasteiger partial charge in [-0.25, -0.2) is 0 Å². The van der Waals surface area contributed by atoms with E-state index in [2.05, 4.69) is 17.4 Å². The first-order valence-corrected chi connectivity index (χ1v) is 9.69. The predicted octanol–water partition coefficient (Wildman–Crippen LogP) is 3.10. The molecule has 142 valence electrons. The fraction of sp³-hybridized carbons (Fsp3) is 0.571. The molecule has 26 heavy (non-hydrogen) atoms. The number of rotatable bonds is 8. The molecule has 1 fully saturated rings. The highest BCUT2D eigenvalue weighted by Gasteiger charge is 2.38. The maximum absolute atomic E-state index is 12.6. The molecule has 3 atom stereocenters. The molecule has 0 saturated heterocycles. The number of aliphatic hydroxyl groups excluding tert-OH is 1. The minimum absolute atomic E-state index is 0.0233. The quantitative estimate of drug-likeness (QED) is 0.748. The molecule has 0 bridgehead atoms. The van der Waals surface area contributed by atoms with Gasteiger partial charge in [-0.15, -0.1) is 0 Å². The van der Waals surface area contributed by atoms with Gasteiger partial charge < -0.3 is 19.9 Å². The highest BCUT2D eigenvalue weighted by molar-refractivity contribution is 5.92. The maximum atomic E-state index is 12.6. The lowest BCUT2D eigenvalue weighted by atomic mass is 9.80. The molecule has 1 aliphatic heterocycles. The van der Waals surface area contributed by atoms with Crippen molar-refractivity contribution in [2.75, 3.05) is 13.2 Å². The molecule has 0 spiro atoms. The summed E-state index contributed by atoms with van der Waals surface area (Å²) in [6.45, 7) is 2.57. The lowest BCUT2D eigenvalue weighted by molar-refractivity contribution is -0.167. The molecular weight excluding hydrogens is 330 g/mol. The molecule has 5 nitrogen and oxygen atoms in total. The van der Waals surface area contributed by atoms with Crippen molar-refractivity contribution in [3.05, 3.63) is 47.7 Å². The van der Waals surface area contributed by atoms with Crippen LogP contribution in [0.3, 0.4) is 0 Å². The zero-order chi connectivity index (χ0) is 18.4. The Morgan fingerprint density at radius 3 is 2.69 bits per heavy atom. The van der Waals surface area contributed by atoms with Crippen molar-refractivity contribution < 1.29 is 19.4 Å². The first-order valence-electron chi connectivity index (χ1n) is 9.69. The van der Waals surface area contributed by atoms with E-state index in [1.54, 1.807) is 0 Å². The Balaban J connectivity index is 1.86. The SMILES string of the molecule is CCO[C@@H]1OC(C(=O)NC2CCC2)=C[C@H](c2ccccc2)[C@H]1CCCO. The first-order chi connectivity index (χ1) is 12.7. The third kappa shape index (κ3) is 4.46. The summed E-state index contributed by atoms with van der Waals surface area (Å²) >= 11 is 0. The van der Waals surface area contributed by atoms with Gasteiger partial charge in [0.1, 0.15) is 0 Å². The highest BCUT2D eigenvalue weighted by Crippen LogP contribution is 2.39. The Bertz CT molecular complexity index is 612. The standard InChI is InChI=1S/C21H29NO4/c1-2-25-21-17(12-7-13-23)18(15-8-4-3-5-9-15)14-19(26-21)20(24)22-16-10-6-11-16/h3-5,8-9,14,16-18,21,23H,2,6-7,10-13H2,1H3,(H,22,24)/t17-,18-,21-/m1/s1. The maximum Gasteiger partial charge on any atom is 0.286 e. The van der Waals surface area contributed by atoms with E-state index in [9.17, 15) is 9.90 Å². The minimum atomic E-state index is -0.483. The number of amides is 1. The lowest BCUT2D eigenvalue weighted by Crippen LogP contribution is -2.43. The summed E-state index contributed by atoms with van der Waals surface area (Å²) in [5.41, 5.74) is 1.14. The summed E-state index contributed by atoms with van der Waals surface area (Å²) in [6, 6.07) is 10.4. The van der Waals surface area contributed by atoms with Crippen LogP contribution in [0.5, 0.6) is 0 Å². The van der Waals surface area contributed by atoms with E-state index in [0.717, 1.165) is 24.8 Å². The van der Waals surface area contributed by atoms with Crippen LogP contribution in [0.2, 0.25) is 0 Å². The van der Waals surface area contributed by atoms with Crippen LogP contribution in [-0.4, -0.2) is 36.6 Å². The van der Waals surface area contributed by atoms with Gasteiger partial charge in [-0.1, -0.05) is 30.3 Å². The second kappa shape index (κ2) is 9.19. The van der Waals surface area contributed by atoms with Crippen molar-refractivity contribution >= 4 is 5.91 Å². The predicted molar refractivity (Wildman–Crippen MR) is 99.4 cm³/mol. The summed E-state index contributed by atoms with van der Waals surface area (Å²) < 4.78 is 11.8. The van der Waals surface area contributed by atoms with Crippen LogP contribution in [0.15, 0.2) is 42.2 Å². The molecule has 3 rings (SSSR count). The van der Waals surface area contributed by atoms with Crippen molar-refractivity contribution in [1.29, 1.82) is 0 Å². The van der Waals surface area contributed by atoms with Crippen LogP contribution in [0.4, 0.5) is 0 Å². The third-order valence-corrected chi connectivity index (χ3v) is 5.26. The van der Waals surface area contributed by atoms with Crippen LogP contribution < -0.4 is 5.32 Å². The number of allylic oxidation sites excluding steroid dienone is 1. The number of hydrogen-bond donors (Lipinski definition) is 2. The van der Waals surface area contributed by atoms with Crippen LogP contribution >= 0.6 is 0 Å². The summed E-state index contributed by atoms with van der Waals surface area (Å²) in [5.74, 6) is 0.283. The van der Waals surface area contributed by atoms with E-state index in [4.69, 9.17) is 9.47 Å². The Labute approximate surface area is 155 Å². The monoisotopic (exact) mass is 359 g/mol. The third-order valence-electron chi connectivity index (χ3n) is 5.26. The molecule has 2 aliphatic rings. The number of carbonyl (C=O) groups excluding carboxylic acids is 1. The van der Waals surface area contributed by atoms with E-state index in [1.807, 2.05) is 31.2 Å². The highest BCUT2D eigenvalue weighted by atomic mass is 16.7. The van der Waals surface area contributed by atoms with Crippen molar-refractivity contribution in [2.24, 2.45) is 5.92 Å². The Hall–Kier alpha value is -1.85. The minimum Gasteiger partial charge on any atom is -0.459 e. The van der Waals surface area contributed by atoms with E-state index < -0.39 is 6.29 Å². The van der Waals surface area contributed by atoms with Gasteiger partial charge >= 0.3 is 0 Å². The number of benzene rings is 1. The van der Waals surface area contributed by atoms with Gasteiger partial charge in [0.05, 0.1) is 0 Å². The van der Waals surface area contributed by atoms with Gasteiger partial charge in [0.2, 0.25) is 6.29 Å². The average molecular weight is 359 g/mol. The summed E-state index contributed by atoms with van der Waals surface area (Å²) in [7, 11) is 0. The number of hydrogen-bond acceptors (Lipinski definition) is 4. The molecule has 1 aliphatic carbocycles. The van der Waals surface area contributed by atoms with Crippen LogP contribution in [0.1, 0.15) is 50.5 Å². The fourth-order valence-electron chi connectivity index (χ4n) is 3.63. The summed E-state index contributed by atoms with van der Waals surface area (Å²) in [4.78, 5) is 12.6. The molecule has 2 N–H and O–H groups in total. The van der Waals surface area contributed by atoms with Gasteiger partial charge in [0.15, 0.2) is 5.76 Å². The molecule has 1 amide bonds.